The third kappa shape index (κ3) is 2.81. The van der Waals surface area contributed by atoms with Crippen LogP contribution in [0.25, 0.3) is 0 Å². The van der Waals surface area contributed by atoms with E-state index in [1.165, 1.54) is 0 Å². The Morgan fingerprint density at radius 1 is 1.33 bits per heavy atom. The van der Waals surface area contributed by atoms with Crippen LogP contribution in [-0.2, 0) is 16.1 Å². The summed E-state index contributed by atoms with van der Waals surface area (Å²) in [7, 11) is 0. The predicted molar refractivity (Wildman–Crippen MR) is 56.1 cm³/mol. The van der Waals surface area contributed by atoms with Crippen LogP contribution in [-0.4, -0.2) is 23.9 Å². The maximum Gasteiger partial charge on any atom is 0.118 e. The van der Waals surface area contributed by atoms with Crippen molar-refractivity contribution in [3.63, 3.8) is 0 Å². The predicted octanol–water partition coefficient (Wildman–Crippen LogP) is 1.48. The van der Waals surface area contributed by atoms with Crippen molar-refractivity contribution in [3.05, 3.63) is 48.2 Å². The molecule has 15 heavy (non-hydrogen) atoms. The van der Waals surface area contributed by atoms with E-state index in [1.54, 1.807) is 12.3 Å². The van der Waals surface area contributed by atoms with Crippen molar-refractivity contribution in [3.8, 4) is 0 Å². The van der Waals surface area contributed by atoms with E-state index < -0.39 is 6.10 Å². The molecule has 2 unspecified atom stereocenters. The van der Waals surface area contributed by atoms with E-state index in [-0.39, 0.29) is 6.10 Å². The number of aliphatic hydroxyl groups is 1. The fourth-order valence-electron chi connectivity index (χ4n) is 1.44. The van der Waals surface area contributed by atoms with Crippen LogP contribution in [0.1, 0.15) is 5.56 Å². The van der Waals surface area contributed by atoms with Gasteiger partial charge in [-0.25, -0.2) is 0 Å². The molecular formula is C12H14O3. The van der Waals surface area contributed by atoms with Gasteiger partial charge in [-0.15, -0.1) is 0 Å². The molecule has 0 saturated carbocycles. The zero-order valence-electron chi connectivity index (χ0n) is 8.37. The summed E-state index contributed by atoms with van der Waals surface area (Å²) in [6, 6.07) is 9.89. The number of benzene rings is 1. The molecule has 3 heteroatoms. The lowest BCUT2D eigenvalue weighted by Gasteiger charge is -2.23. The minimum absolute atomic E-state index is 0.265. The summed E-state index contributed by atoms with van der Waals surface area (Å²) in [5, 5.41) is 9.55. The Kier molecular flexibility index (Phi) is 3.37. The number of aliphatic hydroxyl groups excluding tert-OH is 1. The molecule has 0 aromatic heterocycles. The summed E-state index contributed by atoms with van der Waals surface area (Å²) in [4.78, 5) is 0. The first-order valence-corrected chi connectivity index (χ1v) is 4.98. The third-order valence-corrected chi connectivity index (χ3v) is 2.30. The molecule has 0 spiro atoms. The SMILES string of the molecule is OC1COC=CC1OCc1ccccc1. The lowest BCUT2D eigenvalue weighted by molar-refractivity contribution is -0.0556. The Hall–Kier alpha value is -1.32. The van der Waals surface area contributed by atoms with Gasteiger partial charge in [-0.05, 0) is 11.6 Å². The smallest absolute Gasteiger partial charge is 0.118 e. The second-order valence-corrected chi connectivity index (χ2v) is 3.49. The molecule has 0 radical (unpaired) electrons. The molecular weight excluding hydrogens is 192 g/mol. The van der Waals surface area contributed by atoms with Crippen molar-refractivity contribution < 1.29 is 14.6 Å². The lowest BCUT2D eigenvalue weighted by atomic mass is 10.2. The Balaban J connectivity index is 1.87. The Morgan fingerprint density at radius 2 is 2.13 bits per heavy atom. The Bertz CT molecular complexity index is 321. The molecule has 1 N–H and O–H groups in total. The molecule has 1 aliphatic rings. The molecule has 3 nitrogen and oxygen atoms in total. The van der Waals surface area contributed by atoms with E-state index in [0.717, 1.165) is 5.56 Å². The van der Waals surface area contributed by atoms with Gasteiger partial charge in [-0.3, -0.25) is 0 Å². The average molecular weight is 206 g/mol. The van der Waals surface area contributed by atoms with Gasteiger partial charge >= 0.3 is 0 Å². The molecule has 1 aliphatic heterocycles. The van der Waals surface area contributed by atoms with E-state index in [2.05, 4.69) is 0 Å². The van der Waals surface area contributed by atoms with Crippen molar-refractivity contribution >= 4 is 0 Å². The first kappa shape index (κ1) is 10.2. The van der Waals surface area contributed by atoms with Gasteiger partial charge in [0, 0.05) is 0 Å². The third-order valence-electron chi connectivity index (χ3n) is 2.30. The number of hydrogen-bond acceptors (Lipinski definition) is 3. The summed E-state index contributed by atoms with van der Waals surface area (Å²) in [6.45, 7) is 0.808. The zero-order chi connectivity index (χ0) is 10.5. The molecule has 0 amide bonds. The lowest BCUT2D eigenvalue weighted by Crippen LogP contribution is -2.33. The molecule has 0 saturated heterocycles. The quantitative estimate of drug-likeness (QED) is 0.814. The number of rotatable bonds is 3. The molecule has 80 valence electrons. The summed E-state index contributed by atoms with van der Waals surface area (Å²) < 4.78 is 10.5. The Labute approximate surface area is 88.9 Å². The van der Waals surface area contributed by atoms with Crippen molar-refractivity contribution in [2.45, 2.75) is 18.8 Å². The molecule has 2 atom stereocenters. The van der Waals surface area contributed by atoms with Crippen LogP contribution in [0.4, 0.5) is 0 Å². The van der Waals surface area contributed by atoms with Gasteiger partial charge in [0.25, 0.3) is 0 Å². The summed E-state index contributed by atoms with van der Waals surface area (Å²) >= 11 is 0. The summed E-state index contributed by atoms with van der Waals surface area (Å²) in [6.07, 6.45) is 2.47. The second-order valence-electron chi connectivity index (χ2n) is 3.49. The average Bonchev–Trinajstić information content (AvgIpc) is 2.29. The minimum Gasteiger partial charge on any atom is -0.499 e. The van der Waals surface area contributed by atoms with E-state index >= 15 is 0 Å². The van der Waals surface area contributed by atoms with Crippen LogP contribution in [0.3, 0.4) is 0 Å². The highest BCUT2D eigenvalue weighted by Gasteiger charge is 2.20. The molecule has 1 heterocycles. The van der Waals surface area contributed by atoms with Crippen LogP contribution in [0, 0.1) is 0 Å². The summed E-state index contributed by atoms with van der Waals surface area (Å²) in [5.74, 6) is 0. The molecule has 1 aromatic rings. The minimum atomic E-state index is -0.571. The van der Waals surface area contributed by atoms with Crippen molar-refractivity contribution in [2.75, 3.05) is 6.61 Å². The highest BCUT2D eigenvalue weighted by molar-refractivity contribution is 5.13. The fraction of sp³-hybridized carbons (Fsp3) is 0.333. The largest absolute Gasteiger partial charge is 0.499 e. The standard InChI is InChI=1S/C12H14O3/c13-11-9-14-7-6-12(11)15-8-10-4-2-1-3-5-10/h1-7,11-13H,8-9H2. The van der Waals surface area contributed by atoms with Gasteiger partial charge in [0.15, 0.2) is 0 Å². The molecule has 0 aliphatic carbocycles. The molecule has 0 fully saturated rings. The highest BCUT2D eigenvalue weighted by Crippen LogP contribution is 2.11. The van der Waals surface area contributed by atoms with E-state index in [1.807, 2.05) is 30.3 Å². The first-order valence-electron chi connectivity index (χ1n) is 4.98. The zero-order valence-corrected chi connectivity index (χ0v) is 8.37. The molecule has 1 aromatic carbocycles. The van der Waals surface area contributed by atoms with E-state index in [0.29, 0.717) is 13.2 Å². The first-order chi connectivity index (χ1) is 7.36. The van der Waals surface area contributed by atoms with Crippen molar-refractivity contribution in [1.29, 1.82) is 0 Å². The van der Waals surface area contributed by atoms with E-state index in [9.17, 15) is 5.11 Å². The Morgan fingerprint density at radius 3 is 2.87 bits per heavy atom. The summed E-state index contributed by atoms with van der Waals surface area (Å²) in [5.41, 5.74) is 1.10. The second kappa shape index (κ2) is 4.96. The maximum atomic E-state index is 9.55. The van der Waals surface area contributed by atoms with Crippen LogP contribution in [0.2, 0.25) is 0 Å². The van der Waals surface area contributed by atoms with Gasteiger partial charge in [0.1, 0.15) is 18.8 Å². The molecule has 2 rings (SSSR count). The maximum absolute atomic E-state index is 9.55. The molecule has 0 bridgehead atoms. The normalized spacial score (nSPS) is 24.9. The fourth-order valence-corrected chi connectivity index (χ4v) is 1.44. The van der Waals surface area contributed by atoms with Gasteiger partial charge in [0.05, 0.1) is 12.9 Å². The van der Waals surface area contributed by atoms with Crippen LogP contribution < -0.4 is 0 Å². The van der Waals surface area contributed by atoms with Crippen LogP contribution in [0.15, 0.2) is 42.7 Å². The van der Waals surface area contributed by atoms with Gasteiger partial charge < -0.3 is 14.6 Å². The van der Waals surface area contributed by atoms with Gasteiger partial charge in [0.2, 0.25) is 0 Å². The van der Waals surface area contributed by atoms with Crippen LogP contribution in [0.5, 0.6) is 0 Å². The van der Waals surface area contributed by atoms with Crippen molar-refractivity contribution in [1.82, 2.24) is 0 Å². The topological polar surface area (TPSA) is 38.7 Å². The van der Waals surface area contributed by atoms with Gasteiger partial charge in [-0.2, -0.15) is 0 Å². The van der Waals surface area contributed by atoms with Crippen LogP contribution >= 0.6 is 0 Å². The monoisotopic (exact) mass is 206 g/mol. The number of ether oxygens (including phenoxy) is 2. The van der Waals surface area contributed by atoms with Gasteiger partial charge in [-0.1, -0.05) is 30.3 Å². The van der Waals surface area contributed by atoms with Crippen molar-refractivity contribution in [2.24, 2.45) is 0 Å². The highest BCUT2D eigenvalue weighted by atomic mass is 16.5. The van der Waals surface area contributed by atoms with E-state index in [4.69, 9.17) is 9.47 Å². The number of hydrogen-bond donors (Lipinski definition) is 1.